The van der Waals surface area contributed by atoms with Crippen molar-refractivity contribution in [2.75, 3.05) is 57.1 Å². The third-order valence-electron chi connectivity index (χ3n) is 12.2. The zero-order valence-electron chi connectivity index (χ0n) is 29.6. The highest BCUT2D eigenvalue weighted by Gasteiger charge is 2.44. The number of aliphatic imine (C=N–C) groups is 1. The van der Waals surface area contributed by atoms with Gasteiger partial charge in [-0.15, -0.1) is 6.42 Å². The average Bonchev–Trinajstić information content (AvgIpc) is 3.77. The van der Waals surface area contributed by atoms with Gasteiger partial charge >= 0.3 is 0 Å². The molecular formula is C41H46F3N7. The number of anilines is 2. The van der Waals surface area contributed by atoms with Gasteiger partial charge in [0.15, 0.2) is 5.82 Å². The smallest absolute Gasteiger partial charge is 0.159 e. The number of nitrogen functional groups attached to an aromatic ring is 1. The van der Waals surface area contributed by atoms with Crippen molar-refractivity contribution in [2.24, 2.45) is 4.99 Å². The number of nitrogens with zero attached hydrogens (tertiary/aromatic N) is 6. The molecule has 4 aromatic rings. The summed E-state index contributed by atoms with van der Waals surface area (Å²) in [6, 6.07) is 7.27. The first kappa shape index (κ1) is 33.9. The van der Waals surface area contributed by atoms with Crippen LogP contribution in [-0.4, -0.2) is 90.1 Å². The number of hydrogen-bond acceptors (Lipinski definition) is 7. The van der Waals surface area contributed by atoms with Crippen molar-refractivity contribution in [3.63, 3.8) is 0 Å². The molecule has 2 bridgehead atoms. The Bertz CT molecular complexity index is 2060. The molecule has 2 atom stereocenters. The predicted molar refractivity (Wildman–Crippen MR) is 200 cm³/mol. The zero-order valence-corrected chi connectivity index (χ0v) is 29.6. The van der Waals surface area contributed by atoms with E-state index in [2.05, 4.69) is 25.6 Å². The summed E-state index contributed by atoms with van der Waals surface area (Å²) < 4.78 is 46.1. The second kappa shape index (κ2) is 13.4. The van der Waals surface area contributed by atoms with E-state index in [1.54, 1.807) is 19.3 Å². The van der Waals surface area contributed by atoms with Crippen molar-refractivity contribution in [2.45, 2.75) is 82.3 Å². The summed E-state index contributed by atoms with van der Waals surface area (Å²) in [5.74, 6) is 2.66. The van der Waals surface area contributed by atoms with E-state index in [1.807, 2.05) is 19.1 Å². The van der Waals surface area contributed by atoms with Crippen molar-refractivity contribution >= 4 is 39.4 Å². The Labute approximate surface area is 298 Å². The molecule has 7 nitrogen and oxygen atoms in total. The van der Waals surface area contributed by atoms with Gasteiger partial charge in [0.25, 0.3) is 0 Å². The van der Waals surface area contributed by atoms with E-state index in [0.717, 1.165) is 57.3 Å². The molecule has 4 aliphatic rings. The summed E-state index contributed by atoms with van der Waals surface area (Å²) in [6.07, 6.45) is 16.4. The van der Waals surface area contributed by atoms with E-state index in [1.165, 1.54) is 18.9 Å². The fraction of sp³-hybridized carbons (Fsp3) is 0.488. The molecule has 4 fully saturated rings. The van der Waals surface area contributed by atoms with Gasteiger partial charge in [0, 0.05) is 73.5 Å². The minimum absolute atomic E-state index is 0.0641. The molecule has 51 heavy (non-hydrogen) atoms. The molecule has 0 amide bonds. The molecule has 2 unspecified atom stereocenters. The summed E-state index contributed by atoms with van der Waals surface area (Å²) >= 11 is 0. The van der Waals surface area contributed by atoms with Gasteiger partial charge in [0.2, 0.25) is 0 Å². The number of aromatic nitrogens is 2. The summed E-state index contributed by atoms with van der Waals surface area (Å²) in [5.41, 5.74) is 9.55. The third kappa shape index (κ3) is 5.64. The highest BCUT2D eigenvalue weighted by molar-refractivity contribution is 6.15. The van der Waals surface area contributed by atoms with Gasteiger partial charge < -0.3 is 10.6 Å². The van der Waals surface area contributed by atoms with E-state index in [-0.39, 0.29) is 46.6 Å². The van der Waals surface area contributed by atoms with Crippen LogP contribution in [0.2, 0.25) is 0 Å². The van der Waals surface area contributed by atoms with Gasteiger partial charge in [-0.2, -0.15) is 0 Å². The highest BCUT2D eigenvalue weighted by atomic mass is 19.1. The number of rotatable bonds is 9. The minimum atomic E-state index is -0.578. The van der Waals surface area contributed by atoms with Crippen LogP contribution in [0.3, 0.4) is 0 Å². The normalized spacial score (nSPS) is 21.8. The van der Waals surface area contributed by atoms with Crippen molar-refractivity contribution in [1.82, 2.24) is 19.8 Å². The van der Waals surface area contributed by atoms with Crippen LogP contribution in [0, 0.1) is 30.9 Å². The van der Waals surface area contributed by atoms with Crippen molar-refractivity contribution < 1.29 is 13.2 Å². The second-order valence-electron chi connectivity index (χ2n) is 15.1. The van der Waals surface area contributed by atoms with E-state index >= 15 is 8.78 Å². The molecule has 0 saturated carbocycles. The van der Waals surface area contributed by atoms with Crippen LogP contribution in [0.5, 0.6) is 0 Å². The first-order valence-electron chi connectivity index (χ1n) is 18.5. The maximum atomic E-state index is 17.7. The largest absolute Gasteiger partial charge is 0.398 e. The Morgan fingerprint density at radius 3 is 2.51 bits per heavy atom. The lowest BCUT2D eigenvalue weighted by atomic mass is 9.88. The van der Waals surface area contributed by atoms with E-state index in [9.17, 15) is 4.39 Å². The Kier molecular flexibility index (Phi) is 8.92. The van der Waals surface area contributed by atoms with Crippen LogP contribution in [0.4, 0.5) is 24.7 Å². The van der Waals surface area contributed by atoms with Crippen LogP contribution >= 0.6 is 0 Å². The Morgan fingerprint density at radius 1 is 1.08 bits per heavy atom. The molecule has 0 aliphatic carbocycles. The molecule has 0 radical (unpaired) electrons. The molecule has 266 valence electrons. The number of alkyl halides is 1. The number of benzene rings is 3. The first-order chi connectivity index (χ1) is 24.8. The number of halogens is 3. The average molecular weight is 694 g/mol. The first-order valence-corrected chi connectivity index (χ1v) is 18.5. The second-order valence-corrected chi connectivity index (χ2v) is 15.1. The number of hydrogen-bond donors (Lipinski definition) is 1. The number of fused-ring (bicyclic) bond motifs is 5. The number of aryl methyl sites for hydroxylation is 2. The highest BCUT2D eigenvalue weighted by Crippen LogP contribution is 2.46. The van der Waals surface area contributed by atoms with Gasteiger partial charge in [-0.3, -0.25) is 19.2 Å². The van der Waals surface area contributed by atoms with Crippen molar-refractivity contribution in [3.8, 4) is 23.5 Å². The molecule has 0 spiro atoms. The quantitative estimate of drug-likeness (QED) is 0.113. The summed E-state index contributed by atoms with van der Waals surface area (Å²) in [7, 11) is 1.66. The summed E-state index contributed by atoms with van der Waals surface area (Å²) in [4.78, 5) is 22.0. The Hall–Kier alpha value is -4.20. The molecule has 4 saturated heterocycles. The van der Waals surface area contributed by atoms with Gasteiger partial charge in [-0.05, 0) is 94.0 Å². The molecule has 1 aromatic heterocycles. The molecular weight excluding hydrogens is 647 g/mol. The van der Waals surface area contributed by atoms with Gasteiger partial charge in [-0.1, -0.05) is 24.1 Å². The van der Waals surface area contributed by atoms with Crippen LogP contribution < -0.4 is 10.6 Å². The SMILES string of the molecule is C#Cc1c(F)ccc2cc(C)cc(-c3c(N)c(C=NC)c4c(N5CC6CCC(C5)N6CCCF)nc(CCC56CCCN5CCC6)nc4c3F)c12. The van der Waals surface area contributed by atoms with Crippen LogP contribution in [0.1, 0.15) is 73.9 Å². The topological polar surface area (TPSA) is 73.9 Å². The lowest BCUT2D eigenvalue weighted by Gasteiger charge is -2.42. The molecule has 5 heterocycles. The summed E-state index contributed by atoms with van der Waals surface area (Å²) in [6.45, 7) is 5.97. The predicted octanol–water partition coefficient (Wildman–Crippen LogP) is 7.22. The van der Waals surface area contributed by atoms with Gasteiger partial charge in [-0.25, -0.2) is 18.7 Å². The van der Waals surface area contributed by atoms with Crippen molar-refractivity contribution in [1.29, 1.82) is 0 Å². The van der Waals surface area contributed by atoms with E-state index < -0.39 is 11.6 Å². The zero-order chi connectivity index (χ0) is 35.4. The Morgan fingerprint density at radius 2 is 1.82 bits per heavy atom. The molecule has 8 rings (SSSR count). The van der Waals surface area contributed by atoms with Gasteiger partial charge in [0.1, 0.15) is 23.0 Å². The maximum Gasteiger partial charge on any atom is 0.159 e. The molecule has 3 aromatic carbocycles. The van der Waals surface area contributed by atoms with Crippen LogP contribution in [-0.2, 0) is 6.42 Å². The van der Waals surface area contributed by atoms with E-state index in [0.29, 0.717) is 64.9 Å². The monoisotopic (exact) mass is 693 g/mol. The van der Waals surface area contributed by atoms with Crippen LogP contribution in [0.25, 0.3) is 32.8 Å². The number of nitrogens with two attached hydrogens (primary N) is 1. The lowest BCUT2D eigenvalue weighted by molar-refractivity contribution is 0.162. The van der Waals surface area contributed by atoms with Gasteiger partial charge in [0.05, 0.1) is 23.3 Å². The number of piperazine rings is 1. The molecule has 4 aliphatic heterocycles. The summed E-state index contributed by atoms with van der Waals surface area (Å²) in [5, 5.41) is 1.66. The van der Waals surface area contributed by atoms with E-state index in [4.69, 9.17) is 22.1 Å². The fourth-order valence-electron chi connectivity index (χ4n) is 9.95. The fourth-order valence-corrected chi connectivity index (χ4v) is 9.95. The molecule has 2 N–H and O–H groups in total. The minimum Gasteiger partial charge on any atom is -0.398 e. The molecule has 10 heteroatoms. The third-order valence-corrected chi connectivity index (χ3v) is 12.2. The number of terminal acetylenes is 1. The van der Waals surface area contributed by atoms with Crippen LogP contribution in [0.15, 0.2) is 29.3 Å². The maximum absolute atomic E-state index is 17.7. The van der Waals surface area contributed by atoms with Crippen molar-refractivity contribution in [3.05, 3.63) is 58.4 Å². The lowest BCUT2D eigenvalue weighted by Crippen LogP contribution is -2.54. The standard InChI is InChI=1S/C41H46F3N7/c1-4-29-32(43)11-8-26-20-25(2)21-30(34(26)29)35-37(44)39-36(31(22-46-3)38(35)45)40(49-23-27-9-10-28(24-49)51(27)19-7-16-42)48-33(47-39)12-15-41-13-5-17-50(41)18-6-14-41/h1,8,11,20-22,27-28H,5-7,9-10,12-19,23-24,45H2,2-3H3. The Balaban J connectivity index is 1.34.